The smallest absolute Gasteiger partial charge is 0.129 e. The highest BCUT2D eigenvalue weighted by Gasteiger charge is 2.43. The molecule has 1 aromatic rings. The van der Waals surface area contributed by atoms with E-state index in [0.717, 1.165) is 6.07 Å². The number of benzene rings is 1. The van der Waals surface area contributed by atoms with Crippen molar-refractivity contribution in [3.05, 3.63) is 34.9 Å². The van der Waals surface area contributed by atoms with Gasteiger partial charge in [0.2, 0.25) is 0 Å². The summed E-state index contributed by atoms with van der Waals surface area (Å²) in [6, 6.07) is 2.05. The van der Waals surface area contributed by atoms with E-state index in [9.17, 15) is 13.9 Å². The van der Waals surface area contributed by atoms with Crippen molar-refractivity contribution in [3.63, 3.8) is 0 Å². The molecule has 1 saturated carbocycles. The largest absolute Gasteiger partial charge is 0.385 e. The molecule has 0 aromatic heterocycles. The lowest BCUT2D eigenvalue weighted by molar-refractivity contribution is 0.149. The highest BCUT2D eigenvalue weighted by atomic mass is 19.1. The van der Waals surface area contributed by atoms with Crippen LogP contribution in [0.2, 0.25) is 0 Å². The maximum atomic E-state index is 13.0. The second kappa shape index (κ2) is 2.51. The molecule has 1 aliphatic rings. The molecule has 3 heteroatoms. The molecule has 0 amide bonds. The SMILES string of the molecule is Cc1c(F)cc(F)cc1C1(O)CC1. The summed E-state index contributed by atoms with van der Waals surface area (Å²) in [6.45, 7) is 1.56. The Balaban J connectivity index is 2.56. The van der Waals surface area contributed by atoms with Gasteiger partial charge in [-0.3, -0.25) is 0 Å². The first-order chi connectivity index (χ1) is 6.03. The Kier molecular flexibility index (Phi) is 1.67. The van der Waals surface area contributed by atoms with E-state index in [1.165, 1.54) is 6.07 Å². The Morgan fingerprint density at radius 1 is 1.31 bits per heavy atom. The molecule has 0 heterocycles. The number of hydrogen-bond acceptors (Lipinski definition) is 1. The predicted octanol–water partition coefficient (Wildman–Crippen LogP) is 2.25. The van der Waals surface area contributed by atoms with Crippen LogP contribution >= 0.6 is 0 Å². The molecule has 0 spiro atoms. The molecular weight excluding hydrogens is 174 g/mol. The van der Waals surface area contributed by atoms with Crippen LogP contribution in [0.5, 0.6) is 0 Å². The van der Waals surface area contributed by atoms with E-state index in [-0.39, 0.29) is 0 Å². The van der Waals surface area contributed by atoms with E-state index >= 15 is 0 Å². The Hall–Kier alpha value is -0.960. The Morgan fingerprint density at radius 3 is 2.46 bits per heavy atom. The first-order valence-electron chi connectivity index (χ1n) is 4.21. The van der Waals surface area contributed by atoms with Gasteiger partial charge in [-0.15, -0.1) is 0 Å². The number of halogens is 2. The van der Waals surface area contributed by atoms with Crippen LogP contribution in [0.15, 0.2) is 12.1 Å². The summed E-state index contributed by atoms with van der Waals surface area (Å²) in [7, 11) is 0. The minimum absolute atomic E-state index is 0.349. The maximum Gasteiger partial charge on any atom is 0.129 e. The van der Waals surface area contributed by atoms with E-state index < -0.39 is 17.2 Å². The normalized spacial score (nSPS) is 18.8. The van der Waals surface area contributed by atoms with Crippen LogP contribution in [-0.2, 0) is 5.60 Å². The van der Waals surface area contributed by atoms with Gasteiger partial charge in [0.05, 0.1) is 5.60 Å². The summed E-state index contributed by atoms with van der Waals surface area (Å²) >= 11 is 0. The van der Waals surface area contributed by atoms with Gasteiger partial charge in [0.25, 0.3) is 0 Å². The molecule has 0 bridgehead atoms. The molecule has 0 atom stereocenters. The summed E-state index contributed by atoms with van der Waals surface area (Å²) in [5, 5.41) is 9.70. The van der Waals surface area contributed by atoms with Gasteiger partial charge in [-0.25, -0.2) is 8.78 Å². The highest BCUT2D eigenvalue weighted by molar-refractivity contribution is 5.36. The average Bonchev–Trinajstić information content (AvgIpc) is 2.77. The predicted molar refractivity (Wildman–Crippen MR) is 44.2 cm³/mol. The fourth-order valence-corrected chi connectivity index (χ4v) is 1.52. The van der Waals surface area contributed by atoms with Crippen LogP contribution in [0.1, 0.15) is 24.0 Å². The summed E-state index contributed by atoms with van der Waals surface area (Å²) in [4.78, 5) is 0. The topological polar surface area (TPSA) is 20.2 Å². The van der Waals surface area contributed by atoms with Gasteiger partial charge >= 0.3 is 0 Å². The zero-order valence-corrected chi connectivity index (χ0v) is 7.27. The van der Waals surface area contributed by atoms with E-state index in [1.54, 1.807) is 6.92 Å². The summed E-state index contributed by atoms with van der Waals surface area (Å²) in [5.41, 5.74) is -0.223. The Morgan fingerprint density at radius 2 is 1.92 bits per heavy atom. The van der Waals surface area contributed by atoms with Crippen LogP contribution in [-0.4, -0.2) is 5.11 Å². The highest BCUT2D eigenvalue weighted by Crippen LogP contribution is 2.46. The lowest BCUT2D eigenvalue weighted by Gasteiger charge is -2.12. The van der Waals surface area contributed by atoms with Gasteiger partial charge in [-0.2, -0.15) is 0 Å². The van der Waals surface area contributed by atoms with Crippen molar-refractivity contribution in [2.24, 2.45) is 0 Å². The van der Waals surface area contributed by atoms with Gasteiger partial charge in [0.1, 0.15) is 11.6 Å². The Bertz CT molecular complexity index is 356. The van der Waals surface area contributed by atoms with Crippen molar-refractivity contribution in [1.82, 2.24) is 0 Å². The molecule has 1 fully saturated rings. The average molecular weight is 184 g/mol. The van der Waals surface area contributed by atoms with Crippen LogP contribution in [0.4, 0.5) is 8.78 Å². The molecule has 0 radical (unpaired) electrons. The molecule has 1 aromatic carbocycles. The van der Waals surface area contributed by atoms with E-state index in [1.807, 2.05) is 0 Å². The summed E-state index contributed by atoms with van der Waals surface area (Å²) in [6.07, 6.45) is 1.19. The molecular formula is C10H10F2O. The molecule has 0 unspecified atom stereocenters. The van der Waals surface area contributed by atoms with Crippen LogP contribution < -0.4 is 0 Å². The number of aliphatic hydroxyl groups is 1. The van der Waals surface area contributed by atoms with Crippen LogP contribution in [0.3, 0.4) is 0 Å². The first kappa shape index (κ1) is 8.63. The molecule has 0 saturated heterocycles. The summed E-state index contributed by atoms with van der Waals surface area (Å²) < 4.78 is 25.9. The van der Waals surface area contributed by atoms with Gasteiger partial charge in [0, 0.05) is 6.07 Å². The van der Waals surface area contributed by atoms with E-state index in [4.69, 9.17) is 0 Å². The van der Waals surface area contributed by atoms with Crippen LogP contribution in [0, 0.1) is 18.6 Å². The van der Waals surface area contributed by atoms with Gasteiger partial charge < -0.3 is 5.11 Å². The number of rotatable bonds is 1. The van der Waals surface area contributed by atoms with Gasteiger partial charge in [0.15, 0.2) is 0 Å². The quantitative estimate of drug-likeness (QED) is 0.709. The zero-order valence-electron chi connectivity index (χ0n) is 7.27. The van der Waals surface area contributed by atoms with Crippen molar-refractivity contribution >= 4 is 0 Å². The zero-order chi connectivity index (χ0) is 9.64. The van der Waals surface area contributed by atoms with Crippen molar-refractivity contribution in [2.75, 3.05) is 0 Å². The van der Waals surface area contributed by atoms with E-state index in [2.05, 4.69) is 0 Å². The third kappa shape index (κ3) is 1.33. The third-order valence-corrected chi connectivity index (χ3v) is 2.53. The molecule has 0 aliphatic heterocycles. The lowest BCUT2D eigenvalue weighted by Crippen LogP contribution is -2.08. The fourth-order valence-electron chi connectivity index (χ4n) is 1.52. The number of hydrogen-bond donors (Lipinski definition) is 1. The second-order valence-corrected chi connectivity index (χ2v) is 3.59. The molecule has 1 nitrogen and oxygen atoms in total. The maximum absolute atomic E-state index is 13.0. The Labute approximate surface area is 75.0 Å². The van der Waals surface area contributed by atoms with Crippen LogP contribution in [0.25, 0.3) is 0 Å². The molecule has 1 aliphatic carbocycles. The van der Waals surface area contributed by atoms with Gasteiger partial charge in [-0.05, 0) is 37.0 Å². The summed E-state index contributed by atoms with van der Waals surface area (Å²) in [5.74, 6) is -1.21. The first-order valence-corrected chi connectivity index (χ1v) is 4.21. The van der Waals surface area contributed by atoms with Crippen molar-refractivity contribution < 1.29 is 13.9 Å². The molecule has 2 rings (SSSR count). The van der Waals surface area contributed by atoms with Gasteiger partial charge in [-0.1, -0.05) is 0 Å². The second-order valence-electron chi connectivity index (χ2n) is 3.59. The molecule has 1 N–H and O–H groups in total. The fraction of sp³-hybridized carbons (Fsp3) is 0.400. The standard InChI is InChI=1S/C10H10F2O/c1-6-8(10(13)2-3-10)4-7(11)5-9(6)12/h4-5,13H,2-3H2,1H3. The lowest BCUT2D eigenvalue weighted by atomic mass is 10.0. The van der Waals surface area contributed by atoms with Crippen molar-refractivity contribution in [2.45, 2.75) is 25.4 Å². The van der Waals surface area contributed by atoms with Crippen molar-refractivity contribution in [1.29, 1.82) is 0 Å². The monoisotopic (exact) mass is 184 g/mol. The minimum atomic E-state index is -0.965. The van der Waals surface area contributed by atoms with Crippen molar-refractivity contribution in [3.8, 4) is 0 Å². The minimum Gasteiger partial charge on any atom is -0.385 e. The third-order valence-electron chi connectivity index (χ3n) is 2.53. The molecule has 13 heavy (non-hydrogen) atoms. The molecule has 70 valence electrons. The van der Waals surface area contributed by atoms with E-state index in [0.29, 0.717) is 24.0 Å².